The number of imidazole rings is 2. The molecule has 2 aromatic carbocycles. The average Bonchev–Trinajstić information content (AvgIpc) is 3.51. The molecule has 0 atom stereocenters. The van der Waals surface area contributed by atoms with E-state index in [9.17, 15) is 4.79 Å². The van der Waals surface area contributed by atoms with Crippen LogP contribution < -0.4 is 14.8 Å². The number of hydrogen-bond donors (Lipinski definition) is 2. The zero-order valence-corrected chi connectivity index (χ0v) is 17.3. The first kappa shape index (κ1) is 20.2. The number of carbonyl (C=O) groups excluding carboxylic acids is 1. The normalized spacial score (nSPS) is 10.6. The minimum atomic E-state index is -0.187. The number of benzene rings is 2. The number of nitrogens with zero attached hydrogens (tertiary/aromatic N) is 3. The summed E-state index contributed by atoms with van der Waals surface area (Å²) in [6, 6.07) is 13.7. The summed E-state index contributed by atoms with van der Waals surface area (Å²) in [5, 5.41) is 2.93. The number of hydrogen-bond acceptors (Lipinski definition) is 5. The van der Waals surface area contributed by atoms with Gasteiger partial charge in [-0.3, -0.25) is 9.36 Å². The third-order valence-electron chi connectivity index (χ3n) is 4.95. The molecular formula is C23H23N5O3. The van der Waals surface area contributed by atoms with Crippen LogP contribution in [0.25, 0.3) is 16.8 Å². The quantitative estimate of drug-likeness (QED) is 0.459. The highest BCUT2D eigenvalue weighted by Crippen LogP contribution is 2.33. The molecule has 1 amide bonds. The third kappa shape index (κ3) is 4.42. The van der Waals surface area contributed by atoms with Gasteiger partial charge in [0.05, 0.1) is 33.1 Å². The lowest BCUT2D eigenvalue weighted by molar-refractivity contribution is 0.0947. The summed E-state index contributed by atoms with van der Waals surface area (Å²) in [6.45, 7) is 0.498. The number of ether oxygens (including phenoxy) is 2. The Hall–Kier alpha value is -4.07. The minimum absolute atomic E-state index is 0.187. The Morgan fingerprint density at radius 3 is 2.65 bits per heavy atom. The van der Waals surface area contributed by atoms with Crippen molar-refractivity contribution < 1.29 is 14.3 Å². The number of aromatic nitrogens is 4. The van der Waals surface area contributed by atoms with Crippen molar-refractivity contribution in [3.63, 3.8) is 0 Å². The van der Waals surface area contributed by atoms with E-state index >= 15 is 0 Å². The molecule has 2 aromatic heterocycles. The molecule has 0 aliphatic carbocycles. The lowest BCUT2D eigenvalue weighted by atomic mass is 10.0. The maximum atomic E-state index is 12.7. The van der Waals surface area contributed by atoms with E-state index in [0.717, 1.165) is 22.5 Å². The number of nitrogens with one attached hydrogen (secondary N) is 2. The maximum absolute atomic E-state index is 12.7. The molecule has 158 valence electrons. The first-order valence-electron chi connectivity index (χ1n) is 9.80. The molecule has 8 nitrogen and oxygen atoms in total. The smallest absolute Gasteiger partial charge is 0.269 e. The SMILES string of the molecule is COc1ccc(-c2cccc(-n3cncc3C(=O)NCCc3cnc[nH]3)c2)cc1OC. The van der Waals surface area contributed by atoms with Crippen molar-refractivity contribution >= 4 is 5.91 Å². The van der Waals surface area contributed by atoms with E-state index in [1.165, 1.54) is 0 Å². The zero-order chi connectivity index (χ0) is 21.6. The van der Waals surface area contributed by atoms with Gasteiger partial charge in [0.25, 0.3) is 5.91 Å². The predicted molar refractivity (Wildman–Crippen MR) is 117 cm³/mol. The van der Waals surface area contributed by atoms with Gasteiger partial charge in [0.2, 0.25) is 0 Å². The second-order valence-corrected chi connectivity index (χ2v) is 6.85. The Balaban J connectivity index is 1.55. The predicted octanol–water partition coefficient (Wildman–Crippen LogP) is 3.25. The molecule has 0 aliphatic rings. The van der Waals surface area contributed by atoms with Crippen LogP contribution in [0.1, 0.15) is 16.2 Å². The van der Waals surface area contributed by atoms with Crippen molar-refractivity contribution in [3.8, 4) is 28.3 Å². The van der Waals surface area contributed by atoms with Gasteiger partial charge >= 0.3 is 0 Å². The molecule has 0 unspecified atom stereocenters. The molecule has 8 heteroatoms. The van der Waals surface area contributed by atoms with Crippen molar-refractivity contribution in [2.24, 2.45) is 0 Å². The molecule has 0 fully saturated rings. The van der Waals surface area contributed by atoms with Gasteiger partial charge in [-0.25, -0.2) is 9.97 Å². The van der Waals surface area contributed by atoms with E-state index in [0.29, 0.717) is 30.2 Å². The van der Waals surface area contributed by atoms with Crippen LogP contribution in [0.3, 0.4) is 0 Å². The van der Waals surface area contributed by atoms with Gasteiger partial charge in [-0.1, -0.05) is 18.2 Å². The molecule has 4 aromatic rings. The van der Waals surface area contributed by atoms with Crippen molar-refractivity contribution in [1.29, 1.82) is 0 Å². The van der Waals surface area contributed by atoms with Crippen LogP contribution >= 0.6 is 0 Å². The highest BCUT2D eigenvalue weighted by Gasteiger charge is 2.14. The Bertz CT molecular complexity index is 1170. The van der Waals surface area contributed by atoms with Gasteiger partial charge in [-0.2, -0.15) is 0 Å². The van der Waals surface area contributed by atoms with Gasteiger partial charge in [0.15, 0.2) is 11.5 Å². The first-order chi connectivity index (χ1) is 15.2. The summed E-state index contributed by atoms with van der Waals surface area (Å²) in [4.78, 5) is 23.9. The van der Waals surface area contributed by atoms with Gasteiger partial charge in [0.1, 0.15) is 5.69 Å². The minimum Gasteiger partial charge on any atom is -0.493 e. The van der Waals surface area contributed by atoms with E-state index in [1.807, 2.05) is 42.5 Å². The average molecular weight is 417 g/mol. The fourth-order valence-electron chi connectivity index (χ4n) is 3.34. The largest absolute Gasteiger partial charge is 0.493 e. The van der Waals surface area contributed by atoms with Crippen LogP contribution in [0.5, 0.6) is 11.5 Å². The molecule has 0 spiro atoms. The van der Waals surface area contributed by atoms with E-state index in [4.69, 9.17) is 9.47 Å². The van der Waals surface area contributed by atoms with Gasteiger partial charge in [-0.05, 0) is 35.4 Å². The number of H-pyrrole nitrogens is 1. The third-order valence-corrected chi connectivity index (χ3v) is 4.95. The van der Waals surface area contributed by atoms with Crippen LogP contribution in [-0.4, -0.2) is 46.2 Å². The fourth-order valence-corrected chi connectivity index (χ4v) is 3.34. The summed E-state index contributed by atoms with van der Waals surface area (Å²) in [5.41, 5.74) is 4.23. The van der Waals surface area contributed by atoms with Crippen LogP contribution in [0.4, 0.5) is 0 Å². The van der Waals surface area contributed by atoms with Crippen LogP contribution in [-0.2, 0) is 6.42 Å². The zero-order valence-electron chi connectivity index (χ0n) is 17.3. The number of amides is 1. The van der Waals surface area contributed by atoms with E-state index in [2.05, 4.69) is 20.3 Å². The molecular weight excluding hydrogens is 394 g/mol. The second kappa shape index (κ2) is 9.17. The summed E-state index contributed by atoms with van der Waals surface area (Å²) < 4.78 is 12.5. The summed E-state index contributed by atoms with van der Waals surface area (Å²) in [5.74, 6) is 1.14. The Morgan fingerprint density at radius 2 is 1.87 bits per heavy atom. The lowest BCUT2D eigenvalue weighted by Crippen LogP contribution is -2.27. The monoisotopic (exact) mass is 417 g/mol. The van der Waals surface area contributed by atoms with Crippen LogP contribution in [0.15, 0.2) is 67.5 Å². The summed E-state index contributed by atoms with van der Waals surface area (Å²) >= 11 is 0. The number of rotatable bonds is 8. The Labute approximate surface area is 179 Å². The fraction of sp³-hybridized carbons (Fsp3) is 0.174. The van der Waals surface area contributed by atoms with Crippen molar-refractivity contribution in [3.05, 3.63) is 78.9 Å². The molecule has 31 heavy (non-hydrogen) atoms. The summed E-state index contributed by atoms with van der Waals surface area (Å²) in [6.07, 6.45) is 7.24. The summed E-state index contributed by atoms with van der Waals surface area (Å²) in [7, 11) is 3.22. The molecule has 0 bridgehead atoms. The standard InChI is InChI=1S/C23H23N5O3/c1-30-21-7-6-17(11-22(21)31-2)16-4-3-5-19(10-16)28-15-25-13-20(28)23(29)26-9-8-18-12-24-14-27-18/h3-7,10-15H,8-9H2,1-2H3,(H,24,27)(H,26,29). The van der Waals surface area contributed by atoms with Crippen molar-refractivity contribution in [1.82, 2.24) is 24.8 Å². The second-order valence-electron chi connectivity index (χ2n) is 6.85. The van der Waals surface area contributed by atoms with E-state index in [1.54, 1.807) is 43.8 Å². The van der Waals surface area contributed by atoms with Crippen molar-refractivity contribution in [2.75, 3.05) is 20.8 Å². The Morgan fingerprint density at radius 1 is 1.03 bits per heavy atom. The van der Waals surface area contributed by atoms with Crippen LogP contribution in [0, 0.1) is 0 Å². The molecule has 2 heterocycles. The number of methoxy groups -OCH3 is 2. The molecule has 0 aliphatic heterocycles. The molecule has 0 saturated carbocycles. The topological polar surface area (TPSA) is 94.1 Å². The highest BCUT2D eigenvalue weighted by molar-refractivity contribution is 5.93. The number of aromatic amines is 1. The van der Waals surface area contributed by atoms with Crippen LogP contribution in [0.2, 0.25) is 0 Å². The van der Waals surface area contributed by atoms with Gasteiger partial charge < -0.3 is 19.8 Å². The molecule has 4 rings (SSSR count). The van der Waals surface area contributed by atoms with E-state index in [-0.39, 0.29) is 5.91 Å². The Kier molecular flexibility index (Phi) is 5.98. The highest BCUT2D eigenvalue weighted by atomic mass is 16.5. The number of carbonyl (C=O) groups is 1. The van der Waals surface area contributed by atoms with Gasteiger partial charge in [-0.15, -0.1) is 0 Å². The lowest BCUT2D eigenvalue weighted by Gasteiger charge is -2.12. The molecule has 2 N–H and O–H groups in total. The molecule has 0 saturated heterocycles. The van der Waals surface area contributed by atoms with Gasteiger partial charge in [0, 0.05) is 30.5 Å². The molecule has 0 radical (unpaired) electrons. The van der Waals surface area contributed by atoms with Crippen molar-refractivity contribution in [2.45, 2.75) is 6.42 Å². The first-order valence-corrected chi connectivity index (χ1v) is 9.80. The maximum Gasteiger partial charge on any atom is 0.269 e. The van der Waals surface area contributed by atoms with E-state index < -0.39 is 0 Å².